The lowest BCUT2D eigenvalue weighted by Gasteiger charge is -2.12. The van der Waals surface area contributed by atoms with Gasteiger partial charge >= 0.3 is 0 Å². The number of aromatic nitrogens is 1. The van der Waals surface area contributed by atoms with Crippen molar-refractivity contribution in [3.05, 3.63) is 62.5 Å². The first-order valence-corrected chi connectivity index (χ1v) is 11.4. The van der Waals surface area contributed by atoms with Crippen molar-refractivity contribution in [1.82, 2.24) is 10.3 Å². The molecule has 0 aromatic carbocycles. The molecule has 1 amide bonds. The van der Waals surface area contributed by atoms with Gasteiger partial charge in [0.25, 0.3) is 5.91 Å². The summed E-state index contributed by atoms with van der Waals surface area (Å²) in [6.07, 6.45) is 6.40. The number of halogens is 1. The summed E-state index contributed by atoms with van der Waals surface area (Å²) in [5.41, 5.74) is 2.57. The maximum atomic E-state index is 12.6. The van der Waals surface area contributed by atoms with Crippen LogP contribution in [0, 0.1) is 6.92 Å². The lowest BCUT2D eigenvalue weighted by atomic mass is 10.1. The molecule has 0 atom stereocenters. The van der Waals surface area contributed by atoms with E-state index in [4.69, 9.17) is 0 Å². The van der Waals surface area contributed by atoms with E-state index in [1.807, 2.05) is 31.2 Å². The fourth-order valence-electron chi connectivity index (χ4n) is 2.57. The molecule has 3 rings (SSSR count). The predicted octanol–water partition coefficient (Wildman–Crippen LogP) is 3.82. The summed E-state index contributed by atoms with van der Waals surface area (Å²) in [4.78, 5) is 18.5. The average molecular weight is 466 g/mol. The highest BCUT2D eigenvalue weighted by atomic mass is 79.9. The van der Waals surface area contributed by atoms with Crippen molar-refractivity contribution in [3.8, 4) is 11.3 Å². The van der Waals surface area contributed by atoms with Gasteiger partial charge in [-0.15, -0.1) is 11.3 Å². The number of hydrogen-bond donors (Lipinski definition) is 1. The van der Waals surface area contributed by atoms with E-state index in [1.165, 1.54) is 11.3 Å². The van der Waals surface area contributed by atoms with Crippen LogP contribution < -0.4 is 5.32 Å². The van der Waals surface area contributed by atoms with E-state index in [0.29, 0.717) is 22.7 Å². The standard InChI is InChI=1S/C18H16BrN3O3S2/c1-11-15(16-5-3-4-6-20-16)10-17(26-11)18(23)21-13-7-12(19)8-14(9-13)22-27(2,24)25/h3-7,9-10H,8H2,1-2H3,(H,21,23). The van der Waals surface area contributed by atoms with E-state index >= 15 is 0 Å². The fourth-order valence-corrected chi connectivity index (χ4v) is 4.57. The lowest BCUT2D eigenvalue weighted by molar-refractivity contribution is 0.0971. The van der Waals surface area contributed by atoms with E-state index in [0.717, 1.165) is 26.9 Å². The molecular formula is C18H16BrN3O3S2. The number of sulfonamides is 1. The molecule has 0 saturated carbocycles. The van der Waals surface area contributed by atoms with Crippen molar-refractivity contribution < 1.29 is 13.2 Å². The van der Waals surface area contributed by atoms with E-state index in [2.05, 4.69) is 30.6 Å². The Bertz CT molecular complexity index is 1080. The van der Waals surface area contributed by atoms with Crippen molar-refractivity contribution in [1.29, 1.82) is 0 Å². The molecule has 27 heavy (non-hydrogen) atoms. The normalized spacial score (nSPS) is 16.0. The molecule has 0 radical (unpaired) electrons. The highest BCUT2D eigenvalue weighted by Gasteiger charge is 2.17. The van der Waals surface area contributed by atoms with Gasteiger partial charge < -0.3 is 5.32 Å². The van der Waals surface area contributed by atoms with Crippen molar-refractivity contribution in [2.45, 2.75) is 13.3 Å². The third kappa shape index (κ3) is 5.21. The summed E-state index contributed by atoms with van der Waals surface area (Å²) in [7, 11) is -3.51. The Hall–Kier alpha value is -2.10. The monoisotopic (exact) mass is 465 g/mol. The van der Waals surface area contributed by atoms with Crippen LogP contribution in [0.25, 0.3) is 11.3 Å². The largest absolute Gasteiger partial charge is 0.321 e. The Labute approximate surface area is 169 Å². The van der Waals surface area contributed by atoms with Gasteiger partial charge in [0.1, 0.15) is 0 Å². The topological polar surface area (TPSA) is 88.5 Å². The highest BCUT2D eigenvalue weighted by molar-refractivity contribution is 9.11. The van der Waals surface area contributed by atoms with Gasteiger partial charge in [-0.05, 0) is 37.3 Å². The number of thiophene rings is 1. The smallest absolute Gasteiger partial charge is 0.265 e. The predicted molar refractivity (Wildman–Crippen MR) is 112 cm³/mol. The molecule has 2 aromatic heterocycles. The van der Waals surface area contributed by atoms with Crippen LogP contribution in [-0.2, 0) is 10.0 Å². The number of allylic oxidation sites excluding steroid dienone is 3. The Morgan fingerprint density at radius 3 is 2.78 bits per heavy atom. The van der Waals surface area contributed by atoms with Crippen LogP contribution in [0.5, 0.6) is 0 Å². The molecule has 9 heteroatoms. The SMILES string of the molecule is Cc1sc(C(=O)NC2=CC(=NS(C)(=O)=O)CC(Br)=C2)cc1-c1ccccn1. The number of amides is 1. The molecule has 0 fully saturated rings. The summed E-state index contributed by atoms with van der Waals surface area (Å²) in [5.74, 6) is -0.270. The Balaban J connectivity index is 1.84. The minimum absolute atomic E-state index is 0.270. The van der Waals surface area contributed by atoms with Gasteiger partial charge in [0, 0.05) is 33.2 Å². The number of aryl methyl sites for hydroxylation is 1. The molecule has 1 N–H and O–H groups in total. The van der Waals surface area contributed by atoms with E-state index in [-0.39, 0.29) is 5.91 Å². The van der Waals surface area contributed by atoms with E-state index < -0.39 is 10.0 Å². The molecular weight excluding hydrogens is 450 g/mol. The quantitative estimate of drug-likeness (QED) is 0.742. The number of nitrogens with zero attached hydrogens (tertiary/aromatic N) is 2. The van der Waals surface area contributed by atoms with Crippen LogP contribution in [0.3, 0.4) is 0 Å². The number of hydrogen-bond acceptors (Lipinski definition) is 5. The summed E-state index contributed by atoms with van der Waals surface area (Å²) in [5, 5.41) is 2.80. The molecule has 1 aliphatic rings. The van der Waals surface area contributed by atoms with Crippen LogP contribution in [0.4, 0.5) is 0 Å². The molecule has 0 unspecified atom stereocenters. The zero-order valence-corrected chi connectivity index (χ0v) is 17.8. The second-order valence-corrected chi connectivity index (χ2v) is 9.86. The van der Waals surface area contributed by atoms with Crippen LogP contribution >= 0.6 is 27.3 Å². The number of rotatable bonds is 4. The van der Waals surface area contributed by atoms with Crippen molar-refractivity contribution in [2.24, 2.45) is 4.40 Å². The van der Waals surface area contributed by atoms with Gasteiger partial charge in [0.2, 0.25) is 10.0 Å². The van der Waals surface area contributed by atoms with Crippen LogP contribution in [0.15, 0.2) is 57.2 Å². The summed E-state index contributed by atoms with van der Waals surface area (Å²) < 4.78 is 27.2. The van der Waals surface area contributed by atoms with Crippen LogP contribution in [0.1, 0.15) is 21.0 Å². The molecule has 6 nitrogen and oxygen atoms in total. The number of nitrogens with one attached hydrogen (secondary N) is 1. The third-order valence-corrected chi connectivity index (χ3v) is 5.73. The molecule has 0 aliphatic heterocycles. The lowest BCUT2D eigenvalue weighted by Crippen LogP contribution is -2.23. The average Bonchev–Trinajstić information content (AvgIpc) is 2.95. The summed E-state index contributed by atoms with van der Waals surface area (Å²) in [6, 6.07) is 7.45. The number of pyridine rings is 1. The van der Waals surface area contributed by atoms with Crippen LogP contribution in [-0.4, -0.2) is 31.3 Å². The van der Waals surface area contributed by atoms with Gasteiger partial charge in [-0.2, -0.15) is 4.40 Å². The summed E-state index contributed by atoms with van der Waals surface area (Å²) >= 11 is 4.74. The Morgan fingerprint density at radius 1 is 1.33 bits per heavy atom. The Morgan fingerprint density at radius 2 is 2.11 bits per heavy atom. The molecule has 0 spiro atoms. The first-order chi connectivity index (χ1) is 12.7. The molecule has 1 aliphatic carbocycles. The van der Waals surface area contributed by atoms with E-state index in [1.54, 1.807) is 18.3 Å². The summed E-state index contributed by atoms with van der Waals surface area (Å²) in [6.45, 7) is 1.94. The molecule has 0 bridgehead atoms. The molecule has 140 valence electrons. The number of carbonyl (C=O) groups is 1. The maximum absolute atomic E-state index is 12.6. The minimum Gasteiger partial charge on any atom is -0.321 e. The van der Waals surface area contributed by atoms with Gasteiger partial charge in [-0.3, -0.25) is 9.78 Å². The highest BCUT2D eigenvalue weighted by Crippen LogP contribution is 2.30. The second-order valence-electron chi connectivity index (χ2n) is 5.93. The van der Waals surface area contributed by atoms with E-state index in [9.17, 15) is 13.2 Å². The maximum Gasteiger partial charge on any atom is 0.265 e. The first-order valence-electron chi connectivity index (χ1n) is 7.91. The van der Waals surface area contributed by atoms with Crippen molar-refractivity contribution in [2.75, 3.05) is 6.26 Å². The van der Waals surface area contributed by atoms with Crippen LogP contribution in [0.2, 0.25) is 0 Å². The molecule has 2 heterocycles. The molecule has 0 saturated heterocycles. The van der Waals surface area contributed by atoms with Gasteiger partial charge in [0.05, 0.1) is 22.5 Å². The fraction of sp³-hybridized carbons (Fsp3) is 0.167. The second kappa shape index (κ2) is 7.87. The van der Waals surface area contributed by atoms with Crippen molar-refractivity contribution >= 4 is 48.9 Å². The zero-order valence-electron chi connectivity index (χ0n) is 14.6. The first kappa shape index (κ1) is 19.7. The van der Waals surface area contributed by atoms with Gasteiger partial charge in [0.15, 0.2) is 0 Å². The van der Waals surface area contributed by atoms with Crippen molar-refractivity contribution in [3.63, 3.8) is 0 Å². The van der Waals surface area contributed by atoms with Gasteiger partial charge in [-0.1, -0.05) is 22.0 Å². The third-order valence-electron chi connectivity index (χ3n) is 3.61. The molecule has 2 aromatic rings. The Kier molecular flexibility index (Phi) is 5.73. The zero-order chi connectivity index (χ0) is 19.6. The minimum atomic E-state index is -3.51. The number of carbonyl (C=O) groups excluding carboxylic acids is 1. The van der Waals surface area contributed by atoms with Gasteiger partial charge in [-0.25, -0.2) is 8.42 Å².